The first-order valence-corrected chi connectivity index (χ1v) is 12.4. The number of hydrogen-bond acceptors (Lipinski definition) is 5. The Morgan fingerprint density at radius 2 is 1.85 bits per heavy atom. The summed E-state index contributed by atoms with van der Waals surface area (Å²) in [6.07, 6.45) is 0.800. The highest BCUT2D eigenvalue weighted by Crippen LogP contribution is 2.33. The average molecular weight is 476 g/mol. The van der Waals surface area contributed by atoms with E-state index in [0.717, 1.165) is 27.7 Å². The lowest BCUT2D eigenvalue weighted by atomic mass is 10.1. The Kier molecular flexibility index (Phi) is 7.98. The van der Waals surface area contributed by atoms with Crippen molar-refractivity contribution in [2.24, 2.45) is 4.99 Å². The summed E-state index contributed by atoms with van der Waals surface area (Å²) >= 11 is 1.36. The monoisotopic (exact) mass is 475 g/mol. The summed E-state index contributed by atoms with van der Waals surface area (Å²) in [7, 11) is 0. The van der Waals surface area contributed by atoms with Crippen LogP contribution in [0, 0.1) is 6.92 Å². The number of fused-ring (bicyclic) bond motifs is 1. The summed E-state index contributed by atoms with van der Waals surface area (Å²) in [5.41, 5.74) is 2.59. The van der Waals surface area contributed by atoms with Crippen LogP contribution in [-0.2, 0) is 14.3 Å². The number of aliphatic imine (C=N–C) groups is 1. The molecular weight excluding hydrogens is 446 g/mol. The number of ether oxygens (including phenoxy) is 1. The topological polar surface area (TPSA) is 71.0 Å². The van der Waals surface area contributed by atoms with E-state index in [1.807, 2.05) is 80.6 Å². The molecule has 0 radical (unpaired) electrons. The molecule has 1 fully saturated rings. The summed E-state index contributed by atoms with van der Waals surface area (Å²) in [6, 6.07) is 21.6. The number of aryl methyl sites for hydroxylation is 1. The number of hydrogen-bond donors (Lipinski definition) is 1. The SMILES string of the molecule is CCOCCCN1C(=O)C(CC(=O)Nc2ccc3ccccc3c2)SC1=Nc1ccccc1C. The Morgan fingerprint density at radius 3 is 2.65 bits per heavy atom. The molecule has 34 heavy (non-hydrogen) atoms. The maximum Gasteiger partial charge on any atom is 0.242 e. The van der Waals surface area contributed by atoms with Crippen LogP contribution < -0.4 is 5.32 Å². The predicted octanol–water partition coefficient (Wildman–Crippen LogP) is 5.54. The third-order valence-corrected chi connectivity index (χ3v) is 6.81. The number of para-hydroxylation sites is 1. The summed E-state index contributed by atoms with van der Waals surface area (Å²) in [6.45, 7) is 5.68. The fraction of sp³-hybridized carbons (Fsp3) is 0.296. The van der Waals surface area contributed by atoms with E-state index in [1.165, 1.54) is 11.8 Å². The summed E-state index contributed by atoms with van der Waals surface area (Å²) in [5, 5.41) is 5.25. The first-order chi connectivity index (χ1) is 16.5. The van der Waals surface area contributed by atoms with Crippen LogP contribution in [0.1, 0.15) is 25.3 Å². The number of rotatable bonds is 9. The molecule has 1 atom stereocenters. The molecule has 6 nitrogen and oxygen atoms in total. The van der Waals surface area contributed by atoms with Gasteiger partial charge in [-0.1, -0.05) is 60.3 Å². The van der Waals surface area contributed by atoms with Crippen LogP contribution in [0.4, 0.5) is 11.4 Å². The number of carbonyl (C=O) groups excluding carboxylic acids is 2. The number of anilines is 1. The molecule has 0 saturated carbocycles. The summed E-state index contributed by atoms with van der Waals surface area (Å²) in [4.78, 5) is 32.5. The third kappa shape index (κ3) is 5.85. The molecule has 1 saturated heterocycles. The zero-order valence-corrected chi connectivity index (χ0v) is 20.3. The Labute approximate surface area is 204 Å². The van der Waals surface area contributed by atoms with Gasteiger partial charge in [-0.25, -0.2) is 4.99 Å². The van der Waals surface area contributed by atoms with E-state index in [1.54, 1.807) is 4.90 Å². The molecule has 0 spiro atoms. The fourth-order valence-electron chi connectivity index (χ4n) is 3.84. The molecular formula is C27H29N3O3S. The van der Waals surface area contributed by atoms with E-state index in [0.29, 0.717) is 31.3 Å². The van der Waals surface area contributed by atoms with Gasteiger partial charge in [-0.15, -0.1) is 0 Å². The van der Waals surface area contributed by atoms with Crippen molar-refractivity contribution >= 4 is 50.9 Å². The van der Waals surface area contributed by atoms with Crippen LogP contribution in [0.3, 0.4) is 0 Å². The number of thioether (sulfide) groups is 1. The normalized spacial score (nSPS) is 17.0. The van der Waals surface area contributed by atoms with Crippen molar-refractivity contribution in [2.75, 3.05) is 25.1 Å². The van der Waals surface area contributed by atoms with Crippen molar-refractivity contribution in [3.8, 4) is 0 Å². The maximum absolute atomic E-state index is 13.2. The minimum atomic E-state index is -0.504. The van der Waals surface area contributed by atoms with Crippen LogP contribution in [0.15, 0.2) is 71.7 Å². The molecule has 2 amide bonds. The second-order valence-corrected chi connectivity index (χ2v) is 9.31. The first-order valence-electron chi connectivity index (χ1n) is 11.5. The predicted molar refractivity (Wildman–Crippen MR) is 140 cm³/mol. The Morgan fingerprint density at radius 1 is 1.09 bits per heavy atom. The molecule has 0 aliphatic carbocycles. The smallest absolute Gasteiger partial charge is 0.242 e. The summed E-state index contributed by atoms with van der Waals surface area (Å²) in [5.74, 6) is -0.268. The Bertz CT molecular complexity index is 1210. The summed E-state index contributed by atoms with van der Waals surface area (Å²) < 4.78 is 5.44. The number of amides is 2. The van der Waals surface area contributed by atoms with Crippen molar-refractivity contribution in [1.82, 2.24) is 4.90 Å². The lowest BCUT2D eigenvalue weighted by Crippen LogP contribution is -2.34. The van der Waals surface area contributed by atoms with Gasteiger partial charge in [0.15, 0.2) is 5.17 Å². The highest BCUT2D eigenvalue weighted by Gasteiger charge is 2.39. The molecule has 0 bridgehead atoms. The van der Waals surface area contributed by atoms with Crippen molar-refractivity contribution in [1.29, 1.82) is 0 Å². The number of carbonyl (C=O) groups is 2. The van der Waals surface area contributed by atoms with Crippen molar-refractivity contribution in [2.45, 2.75) is 31.9 Å². The van der Waals surface area contributed by atoms with Gasteiger partial charge in [-0.2, -0.15) is 0 Å². The van der Waals surface area contributed by atoms with E-state index in [-0.39, 0.29) is 18.2 Å². The van der Waals surface area contributed by atoms with Gasteiger partial charge in [-0.05, 0) is 54.8 Å². The first kappa shape index (κ1) is 24.0. The molecule has 4 rings (SSSR count). The minimum absolute atomic E-state index is 0.0810. The van der Waals surface area contributed by atoms with E-state index in [9.17, 15) is 9.59 Å². The number of amidine groups is 1. The molecule has 1 N–H and O–H groups in total. The standard InChI is InChI=1S/C27H29N3O3S/c1-3-33-16-8-15-30-26(32)24(34-27(30)29-23-12-7-4-9-19(23)2)18-25(31)28-22-14-13-20-10-5-6-11-21(20)17-22/h4-7,9-14,17,24H,3,8,15-16,18H2,1-2H3,(H,28,31). The minimum Gasteiger partial charge on any atom is -0.382 e. The molecule has 1 aliphatic rings. The number of nitrogens with one attached hydrogen (secondary N) is 1. The van der Waals surface area contributed by atoms with Crippen molar-refractivity contribution in [3.05, 3.63) is 72.3 Å². The van der Waals surface area contributed by atoms with Crippen LogP contribution in [0.5, 0.6) is 0 Å². The van der Waals surface area contributed by atoms with Gasteiger partial charge in [-0.3, -0.25) is 14.5 Å². The average Bonchev–Trinajstić information content (AvgIpc) is 3.12. The van der Waals surface area contributed by atoms with Gasteiger partial charge in [0, 0.05) is 31.9 Å². The highest BCUT2D eigenvalue weighted by atomic mass is 32.2. The molecule has 0 aromatic heterocycles. The highest BCUT2D eigenvalue weighted by molar-refractivity contribution is 8.15. The van der Waals surface area contributed by atoms with Crippen LogP contribution in [0.25, 0.3) is 10.8 Å². The molecule has 176 valence electrons. The second-order valence-electron chi connectivity index (χ2n) is 8.14. The van der Waals surface area contributed by atoms with Gasteiger partial charge >= 0.3 is 0 Å². The lowest BCUT2D eigenvalue weighted by molar-refractivity contribution is -0.128. The van der Waals surface area contributed by atoms with Gasteiger partial charge < -0.3 is 10.1 Å². The molecule has 1 unspecified atom stereocenters. The van der Waals surface area contributed by atoms with Crippen LogP contribution >= 0.6 is 11.8 Å². The quantitative estimate of drug-likeness (QED) is 0.413. The zero-order valence-electron chi connectivity index (χ0n) is 19.5. The van der Waals surface area contributed by atoms with E-state index in [2.05, 4.69) is 5.32 Å². The largest absolute Gasteiger partial charge is 0.382 e. The lowest BCUT2D eigenvalue weighted by Gasteiger charge is -2.16. The van der Waals surface area contributed by atoms with Crippen LogP contribution in [-0.4, -0.2) is 46.9 Å². The maximum atomic E-state index is 13.2. The van der Waals surface area contributed by atoms with Crippen LogP contribution in [0.2, 0.25) is 0 Å². The second kappa shape index (κ2) is 11.3. The van der Waals surface area contributed by atoms with Gasteiger partial charge in [0.05, 0.1) is 5.69 Å². The molecule has 7 heteroatoms. The molecule has 3 aromatic carbocycles. The van der Waals surface area contributed by atoms with E-state index < -0.39 is 5.25 Å². The Balaban J connectivity index is 1.47. The molecule has 1 aliphatic heterocycles. The van der Waals surface area contributed by atoms with Gasteiger partial charge in [0.1, 0.15) is 5.25 Å². The van der Waals surface area contributed by atoms with Gasteiger partial charge in [0.25, 0.3) is 0 Å². The molecule has 1 heterocycles. The molecule has 3 aromatic rings. The zero-order chi connectivity index (χ0) is 23.9. The van der Waals surface area contributed by atoms with Crippen molar-refractivity contribution < 1.29 is 14.3 Å². The number of nitrogens with zero attached hydrogens (tertiary/aromatic N) is 2. The van der Waals surface area contributed by atoms with Crippen molar-refractivity contribution in [3.63, 3.8) is 0 Å². The Hall–Kier alpha value is -3.16. The van der Waals surface area contributed by atoms with E-state index in [4.69, 9.17) is 9.73 Å². The van der Waals surface area contributed by atoms with Gasteiger partial charge in [0.2, 0.25) is 11.8 Å². The third-order valence-electron chi connectivity index (χ3n) is 5.63. The number of benzene rings is 3. The fourth-order valence-corrected chi connectivity index (χ4v) is 5.02. The van der Waals surface area contributed by atoms with E-state index >= 15 is 0 Å².